The number of sulfonamides is 1. The van der Waals surface area contributed by atoms with Crippen LogP contribution in [0.2, 0.25) is 0 Å². The van der Waals surface area contributed by atoms with Crippen LogP contribution in [0.5, 0.6) is 0 Å². The second kappa shape index (κ2) is 7.60. The minimum absolute atomic E-state index is 0.0390. The Morgan fingerprint density at radius 1 is 1.22 bits per heavy atom. The SMILES string of the molecule is O=C1NC(C2CCCCC2)=NC12CCN(S(=O)(=O)CCc1nccs1)CC2. The molecule has 9 heteroatoms. The van der Waals surface area contributed by atoms with E-state index in [4.69, 9.17) is 4.99 Å². The number of aromatic nitrogens is 1. The number of hydrogen-bond acceptors (Lipinski definition) is 6. The first kappa shape index (κ1) is 19.0. The number of amidine groups is 1. The Morgan fingerprint density at radius 2 is 1.96 bits per heavy atom. The Hall–Kier alpha value is -1.32. The van der Waals surface area contributed by atoms with Crippen molar-refractivity contribution in [2.24, 2.45) is 10.9 Å². The minimum atomic E-state index is -3.34. The van der Waals surface area contributed by atoms with Gasteiger partial charge in [-0.05, 0) is 25.7 Å². The number of carbonyl (C=O) groups excluding carboxylic acids is 1. The molecular weight excluding hydrogens is 384 g/mol. The van der Waals surface area contributed by atoms with E-state index in [1.54, 1.807) is 6.20 Å². The summed E-state index contributed by atoms with van der Waals surface area (Å²) in [6.07, 6.45) is 8.88. The molecule has 0 unspecified atom stereocenters. The number of nitrogens with zero attached hydrogens (tertiary/aromatic N) is 3. The number of hydrogen-bond donors (Lipinski definition) is 1. The van der Waals surface area contributed by atoms with Crippen LogP contribution < -0.4 is 5.32 Å². The van der Waals surface area contributed by atoms with Gasteiger partial charge in [-0.15, -0.1) is 11.3 Å². The zero-order valence-corrected chi connectivity index (χ0v) is 17.0. The van der Waals surface area contributed by atoms with Gasteiger partial charge in [-0.3, -0.25) is 9.79 Å². The number of aliphatic imine (C=N–C) groups is 1. The number of nitrogens with one attached hydrogen (secondary N) is 1. The van der Waals surface area contributed by atoms with Crippen LogP contribution in [0.1, 0.15) is 50.0 Å². The smallest absolute Gasteiger partial charge is 0.253 e. The van der Waals surface area contributed by atoms with Crippen LogP contribution in [0, 0.1) is 5.92 Å². The van der Waals surface area contributed by atoms with Crippen molar-refractivity contribution in [3.63, 3.8) is 0 Å². The Kier molecular flexibility index (Phi) is 5.35. The van der Waals surface area contributed by atoms with Crippen LogP contribution in [0.15, 0.2) is 16.6 Å². The highest BCUT2D eigenvalue weighted by atomic mass is 32.2. The third kappa shape index (κ3) is 3.95. The fraction of sp³-hybridized carbons (Fsp3) is 0.722. The minimum Gasteiger partial charge on any atom is -0.312 e. The Morgan fingerprint density at radius 3 is 2.63 bits per heavy atom. The van der Waals surface area contributed by atoms with Crippen molar-refractivity contribution in [2.75, 3.05) is 18.8 Å². The summed E-state index contributed by atoms with van der Waals surface area (Å²) in [4.78, 5) is 21.6. The molecule has 1 spiro atoms. The highest BCUT2D eigenvalue weighted by Gasteiger charge is 2.48. The second-order valence-corrected chi connectivity index (χ2v) is 10.8. The molecule has 7 nitrogen and oxygen atoms in total. The molecule has 148 valence electrons. The average molecular weight is 411 g/mol. The Bertz CT molecular complexity index is 806. The molecule has 27 heavy (non-hydrogen) atoms. The van der Waals surface area contributed by atoms with E-state index in [0.717, 1.165) is 23.7 Å². The number of aryl methyl sites for hydroxylation is 1. The van der Waals surface area contributed by atoms with E-state index in [-0.39, 0.29) is 11.7 Å². The van der Waals surface area contributed by atoms with Gasteiger partial charge in [0.05, 0.1) is 10.8 Å². The van der Waals surface area contributed by atoms with E-state index in [2.05, 4.69) is 10.3 Å². The lowest BCUT2D eigenvalue weighted by Gasteiger charge is -2.34. The number of amides is 1. The third-order valence-corrected chi connectivity index (χ3v) is 8.70. The maximum absolute atomic E-state index is 12.6. The van der Waals surface area contributed by atoms with Crippen molar-refractivity contribution in [1.82, 2.24) is 14.6 Å². The molecule has 1 saturated heterocycles. The zero-order chi connectivity index (χ0) is 18.9. The molecule has 1 N–H and O–H groups in total. The van der Waals surface area contributed by atoms with Gasteiger partial charge in [0, 0.05) is 37.0 Å². The average Bonchev–Trinajstić information content (AvgIpc) is 3.30. The van der Waals surface area contributed by atoms with Crippen molar-refractivity contribution < 1.29 is 13.2 Å². The fourth-order valence-corrected chi connectivity index (χ4v) is 6.50. The van der Waals surface area contributed by atoms with Gasteiger partial charge in [0.2, 0.25) is 10.0 Å². The normalized spacial score (nSPS) is 24.1. The second-order valence-electron chi connectivity index (χ2n) is 7.71. The van der Waals surface area contributed by atoms with Crippen LogP contribution in [0.25, 0.3) is 0 Å². The van der Waals surface area contributed by atoms with Crippen molar-refractivity contribution in [3.05, 3.63) is 16.6 Å². The lowest BCUT2D eigenvalue weighted by molar-refractivity contribution is -0.125. The summed E-state index contributed by atoms with van der Waals surface area (Å²) >= 11 is 1.47. The van der Waals surface area contributed by atoms with Crippen LogP contribution in [-0.2, 0) is 21.2 Å². The Labute approximate surface area is 164 Å². The van der Waals surface area contributed by atoms with E-state index in [1.807, 2.05) is 5.38 Å². The highest BCUT2D eigenvalue weighted by molar-refractivity contribution is 7.89. The molecule has 1 amide bonds. The first-order valence-electron chi connectivity index (χ1n) is 9.76. The first-order valence-corrected chi connectivity index (χ1v) is 12.2. The molecule has 3 aliphatic rings. The van der Waals surface area contributed by atoms with Crippen molar-refractivity contribution in [1.29, 1.82) is 0 Å². The number of piperidine rings is 1. The molecule has 1 aromatic rings. The van der Waals surface area contributed by atoms with E-state index in [1.165, 1.54) is 34.9 Å². The topological polar surface area (TPSA) is 91.7 Å². The van der Waals surface area contributed by atoms with Crippen LogP contribution in [0.4, 0.5) is 0 Å². The maximum atomic E-state index is 12.6. The molecule has 2 aliphatic heterocycles. The molecule has 4 rings (SSSR count). The predicted molar refractivity (Wildman–Crippen MR) is 105 cm³/mol. The summed E-state index contributed by atoms with van der Waals surface area (Å²) in [6.45, 7) is 0.712. The van der Waals surface area contributed by atoms with Crippen molar-refractivity contribution in [3.8, 4) is 0 Å². The molecule has 1 aromatic heterocycles. The summed E-state index contributed by atoms with van der Waals surface area (Å²) in [6, 6.07) is 0. The largest absolute Gasteiger partial charge is 0.312 e. The highest BCUT2D eigenvalue weighted by Crippen LogP contribution is 2.34. The number of thiazole rings is 1. The summed E-state index contributed by atoms with van der Waals surface area (Å²) in [5.74, 6) is 1.24. The molecule has 1 saturated carbocycles. The first-order chi connectivity index (χ1) is 13.0. The van der Waals surface area contributed by atoms with Crippen molar-refractivity contribution >= 4 is 33.1 Å². The Balaban J connectivity index is 1.38. The van der Waals surface area contributed by atoms with Gasteiger partial charge < -0.3 is 5.32 Å². The van der Waals surface area contributed by atoms with Crippen LogP contribution in [-0.4, -0.2) is 53.8 Å². The van der Waals surface area contributed by atoms with Gasteiger partial charge in [-0.2, -0.15) is 0 Å². The monoisotopic (exact) mass is 410 g/mol. The van der Waals surface area contributed by atoms with E-state index < -0.39 is 15.6 Å². The standard InChI is InChI=1S/C18H26N4O3S2/c23-17-18(21-16(20-17)14-4-2-1-3-5-14)7-10-22(11-8-18)27(24,25)13-6-15-19-9-12-26-15/h9,12,14H,1-8,10-11,13H2,(H,20,21,23). The van der Waals surface area contributed by atoms with Gasteiger partial charge in [0.15, 0.2) is 0 Å². The molecule has 1 aliphatic carbocycles. The molecular formula is C18H26N4O3S2. The number of carbonyl (C=O) groups is 1. The quantitative estimate of drug-likeness (QED) is 0.803. The predicted octanol–water partition coefficient (Wildman–Crippen LogP) is 1.96. The fourth-order valence-electron chi connectivity index (χ4n) is 4.31. The van der Waals surface area contributed by atoms with E-state index in [9.17, 15) is 13.2 Å². The maximum Gasteiger partial charge on any atom is 0.253 e. The van der Waals surface area contributed by atoms with Gasteiger partial charge in [0.1, 0.15) is 11.4 Å². The van der Waals surface area contributed by atoms with Crippen molar-refractivity contribution in [2.45, 2.75) is 56.9 Å². The lowest BCUT2D eigenvalue weighted by atomic mass is 9.88. The van der Waals surface area contributed by atoms with E-state index >= 15 is 0 Å². The number of rotatable bonds is 5. The zero-order valence-electron chi connectivity index (χ0n) is 15.4. The summed E-state index contributed by atoms with van der Waals surface area (Å²) in [7, 11) is -3.34. The summed E-state index contributed by atoms with van der Waals surface area (Å²) < 4.78 is 26.8. The molecule has 3 heterocycles. The van der Waals surface area contributed by atoms with Crippen LogP contribution >= 0.6 is 11.3 Å². The van der Waals surface area contributed by atoms with Gasteiger partial charge in [-0.25, -0.2) is 17.7 Å². The third-order valence-electron chi connectivity index (χ3n) is 5.99. The molecule has 0 radical (unpaired) electrons. The molecule has 0 aromatic carbocycles. The van der Waals surface area contributed by atoms with Gasteiger partial charge in [-0.1, -0.05) is 19.3 Å². The summed E-state index contributed by atoms with van der Waals surface area (Å²) in [5, 5.41) is 5.71. The van der Waals surface area contributed by atoms with E-state index in [0.29, 0.717) is 38.3 Å². The van der Waals surface area contributed by atoms with Gasteiger partial charge >= 0.3 is 0 Å². The molecule has 0 bridgehead atoms. The lowest BCUT2D eigenvalue weighted by Crippen LogP contribution is -2.51. The molecule has 2 fully saturated rings. The van der Waals surface area contributed by atoms with Gasteiger partial charge in [0.25, 0.3) is 5.91 Å². The van der Waals surface area contributed by atoms with Crippen LogP contribution in [0.3, 0.4) is 0 Å². The molecule has 0 atom stereocenters. The summed E-state index contributed by atoms with van der Waals surface area (Å²) in [5.41, 5.74) is -0.756.